The summed E-state index contributed by atoms with van der Waals surface area (Å²) < 4.78 is 7.26. The van der Waals surface area contributed by atoms with Crippen LogP contribution in [0, 0.1) is 0 Å². The summed E-state index contributed by atoms with van der Waals surface area (Å²) in [7, 11) is 0. The lowest BCUT2D eigenvalue weighted by Gasteiger charge is -2.03. The molecule has 0 radical (unpaired) electrons. The van der Waals surface area contributed by atoms with E-state index in [1.54, 1.807) is 4.68 Å². The number of rotatable bonds is 4. The van der Waals surface area contributed by atoms with Crippen LogP contribution in [-0.4, -0.2) is 30.2 Å². The first-order chi connectivity index (χ1) is 13.3. The third-order valence-electron chi connectivity index (χ3n) is 4.06. The summed E-state index contributed by atoms with van der Waals surface area (Å²) in [5, 5.41) is 13.3. The van der Waals surface area contributed by atoms with E-state index < -0.39 is 0 Å². The molecular weight excluding hydrogens is 364 g/mol. The lowest BCUT2D eigenvalue weighted by Crippen LogP contribution is -2.10. The van der Waals surface area contributed by atoms with Crippen LogP contribution in [0.2, 0.25) is 0 Å². The van der Waals surface area contributed by atoms with Gasteiger partial charge in [0.1, 0.15) is 16.9 Å². The Labute approximate surface area is 156 Å². The molecule has 0 unspecified atom stereocenters. The maximum absolute atomic E-state index is 12.4. The zero-order valence-electron chi connectivity index (χ0n) is 13.9. The van der Waals surface area contributed by atoms with E-state index in [4.69, 9.17) is 4.42 Å². The van der Waals surface area contributed by atoms with Gasteiger partial charge >= 0.3 is 0 Å². The Morgan fingerprint density at radius 3 is 2.78 bits per heavy atom. The number of hydrogen-bond donors (Lipinski definition) is 1. The molecule has 0 atom stereocenters. The van der Waals surface area contributed by atoms with Gasteiger partial charge in [0, 0.05) is 5.39 Å². The Morgan fingerprint density at radius 2 is 1.89 bits per heavy atom. The normalized spacial score (nSPS) is 11.4. The van der Waals surface area contributed by atoms with Crippen molar-refractivity contribution >= 4 is 33.8 Å². The minimum atomic E-state index is -0.297. The Bertz CT molecular complexity index is 1310. The van der Waals surface area contributed by atoms with Crippen molar-refractivity contribution in [3.05, 3.63) is 70.8 Å². The topological polar surface area (TPSA) is 102 Å². The number of nitrogens with one attached hydrogen (secondary N) is 1. The number of nitrogens with zero attached hydrogens (tertiary/aromatic N) is 5. The van der Waals surface area contributed by atoms with Crippen LogP contribution >= 0.6 is 11.8 Å². The number of benzene rings is 2. The molecule has 0 saturated carbocycles. The quantitative estimate of drug-likeness (QED) is 0.481. The van der Waals surface area contributed by atoms with Gasteiger partial charge in [-0.15, -0.1) is 5.10 Å². The van der Waals surface area contributed by atoms with Crippen LogP contribution in [0.4, 0.5) is 0 Å². The minimum absolute atomic E-state index is 0.235. The first-order valence-electron chi connectivity index (χ1n) is 8.16. The highest BCUT2D eigenvalue weighted by molar-refractivity contribution is 7.98. The van der Waals surface area contributed by atoms with Crippen molar-refractivity contribution in [2.24, 2.45) is 0 Å². The van der Waals surface area contributed by atoms with Gasteiger partial charge < -0.3 is 9.40 Å². The van der Waals surface area contributed by atoms with Gasteiger partial charge in [0.05, 0.1) is 11.4 Å². The highest BCUT2D eigenvalue weighted by atomic mass is 32.2. The molecule has 0 bridgehead atoms. The van der Waals surface area contributed by atoms with Crippen LogP contribution < -0.4 is 5.56 Å². The van der Waals surface area contributed by atoms with E-state index in [0.717, 1.165) is 11.1 Å². The number of hydrogen-bond acceptors (Lipinski definition) is 7. The van der Waals surface area contributed by atoms with E-state index in [0.29, 0.717) is 27.8 Å². The van der Waals surface area contributed by atoms with Crippen molar-refractivity contribution in [3.8, 4) is 5.69 Å². The fourth-order valence-corrected chi connectivity index (χ4v) is 3.61. The summed E-state index contributed by atoms with van der Waals surface area (Å²) >= 11 is 1.39. The number of furan rings is 1. The molecule has 0 aliphatic heterocycles. The van der Waals surface area contributed by atoms with Gasteiger partial charge in [-0.25, -0.2) is 4.98 Å². The lowest BCUT2D eigenvalue weighted by atomic mass is 10.2. The minimum Gasteiger partial charge on any atom is -0.449 e. The molecule has 5 aromatic rings. The Hall–Kier alpha value is -3.46. The second-order valence-electron chi connectivity index (χ2n) is 5.79. The average Bonchev–Trinajstić information content (AvgIpc) is 3.32. The van der Waals surface area contributed by atoms with E-state index in [1.807, 2.05) is 54.6 Å². The van der Waals surface area contributed by atoms with E-state index >= 15 is 0 Å². The molecule has 3 aromatic heterocycles. The molecule has 5 rings (SSSR count). The van der Waals surface area contributed by atoms with Crippen molar-refractivity contribution in [3.63, 3.8) is 0 Å². The van der Waals surface area contributed by atoms with Crippen LogP contribution in [0.25, 0.3) is 27.8 Å². The number of aromatic amines is 1. The van der Waals surface area contributed by atoms with Crippen LogP contribution in [0.5, 0.6) is 0 Å². The van der Waals surface area contributed by atoms with Gasteiger partial charge in [-0.1, -0.05) is 42.1 Å². The summed E-state index contributed by atoms with van der Waals surface area (Å²) in [6.45, 7) is 0. The molecule has 8 nitrogen and oxygen atoms in total. The molecular formula is C18H12N6O2S. The Kier molecular flexibility index (Phi) is 3.72. The molecule has 27 heavy (non-hydrogen) atoms. The van der Waals surface area contributed by atoms with Crippen molar-refractivity contribution in [2.75, 3.05) is 0 Å². The number of fused-ring (bicyclic) bond motifs is 3. The van der Waals surface area contributed by atoms with E-state index in [2.05, 4.69) is 25.5 Å². The average molecular weight is 376 g/mol. The van der Waals surface area contributed by atoms with Gasteiger partial charge in [0.15, 0.2) is 0 Å². The van der Waals surface area contributed by atoms with Crippen LogP contribution in [0.15, 0.2) is 69.0 Å². The molecule has 132 valence electrons. The molecule has 0 fully saturated rings. The van der Waals surface area contributed by atoms with E-state index in [1.165, 1.54) is 11.8 Å². The van der Waals surface area contributed by atoms with Crippen LogP contribution in [-0.2, 0) is 5.75 Å². The highest BCUT2D eigenvalue weighted by Gasteiger charge is 2.14. The predicted octanol–water partition coefficient (Wildman–Crippen LogP) is 2.94. The van der Waals surface area contributed by atoms with Crippen molar-refractivity contribution in [1.82, 2.24) is 30.2 Å². The lowest BCUT2D eigenvalue weighted by molar-refractivity contribution is 0.660. The molecule has 0 spiro atoms. The zero-order chi connectivity index (χ0) is 18.2. The summed E-state index contributed by atoms with van der Waals surface area (Å²) in [5.41, 5.74) is 2.01. The Balaban J connectivity index is 1.49. The first kappa shape index (κ1) is 15.8. The second-order valence-corrected chi connectivity index (χ2v) is 6.73. The predicted molar refractivity (Wildman–Crippen MR) is 101 cm³/mol. The smallest absolute Gasteiger partial charge is 0.294 e. The molecule has 9 heteroatoms. The highest BCUT2D eigenvalue weighted by Crippen LogP contribution is 2.26. The third kappa shape index (κ3) is 2.77. The van der Waals surface area contributed by atoms with Gasteiger partial charge in [0.25, 0.3) is 5.56 Å². The van der Waals surface area contributed by atoms with Gasteiger partial charge in [0.2, 0.25) is 10.7 Å². The number of para-hydroxylation sites is 2. The maximum Gasteiger partial charge on any atom is 0.294 e. The largest absolute Gasteiger partial charge is 0.449 e. The van der Waals surface area contributed by atoms with Gasteiger partial charge in [-0.3, -0.25) is 4.79 Å². The van der Waals surface area contributed by atoms with Crippen molar-refractivity contribution in [2.45, 2.75) is 10.9 Å². The number of tetrazole rings is 1. The number of aromatic nitrogens is 6. The molecule has 2 aromatic carbocycles. The summed E-state index contributed by atoms with van der Waals surface area (Å²) in [6.07, 6.45) is 0. The summed E-state index contributed by atoms with van der Waals surface area (Å²) in [6, 6.07) is 17.1. The summed E-state index contributed by atoms with van der Waals surface area (Å²) in [4.78, 5) is 19.7. The van der Waals surface area contributed by atoms with Gasteiger partial charge in [-0.2, -0.15) is 4.68 Å². The zero-order valence-corrected chi connectivity index (χ0v) is 14.7. The first-order valence-corrected chi connectivity index (χ1v) is 9.15. The summed E-state index contributed by atoms with van der Waals surface area (Å²) in [5.74, 6) is 0.949. The second kappa shape index (κ2) is 6.36. The molecule has 3 heterocycles. The number of H-pyrrole nitrogens is 1. The fraction of sp³-hybridized carbons (Fsp3) is 0.0556. The maximum atomic E-state index is 12.4. The van der Waals surface area contributed by atoms with E-state index in [-0.39, 0.29) is 11.1 Å². The Morgan fingerprint density at radius 1 is 1.07 bits per heavy atom. The van der Waals surface area contributed by atoms with Crippen molar-refractivity contribution in [1.29, 1.82) is 0 Å². The van der Waals surface area contributed by atoms with Crippen LogP contribution in [0.3, 0.4) is 0 Å². The standard InChI is InChI=1S/C18H12N6O2S/c25-17-16-15(12-8-4-5-9-13(12)26-16)19-14(20-17)10-27-18-21-22-23-24(18)11-6-2-1-3-7-11/h1-9H,10H2,(H,19,20,25). The molecule has 1 N–H and O–H groups in total. The van der Waals surface area contributed by atoms with Crippen molar-refractivity contribution < 1.29 is 4.42 Å². The molecule has 0 aliphatic rings. The van der Waals surface area contributed by atoms with Gasteiger partial charge in [-0.05, 0) is 34.7 Å². The SMILES string of the molecule is O=c1[nH]c(CSc2nnnn2-c2ccccc2)nc2c1oc1ccccc12. The third-order valence-corrected chi connectivity index (χ3v) is 4.99. The molecule has 0 amide bonds. The number of thioether (sulfide) groups is 1. The van der Waals surface area contributed by atoms with Crippen LogP contribution in [0.1, 0.15) is 5.82 Å². The fourth-order valence-electron chi connectivity index (χ4n) is 2.85. The molecule has 0 saturated heterocycles. The monoisotopic (exact) mass is 376 g/mol. The molecule has 0 aliphatic carbocycles. The van der Waals surface area contributed by atoms with E-state index in [9.17, 15) is 4.79 Å².